The first-order valence-electron chi connectivity index (χ1n) is 5.70. The second-order valence-corrected chi connectivity index (χ2v) is 3.86. The Morgan fingerprint density at radius 2 is 2.00 bits per heavy atom. The Labute approximate surface area is 111 Å². The summed E-state index contributed by atoms with van der Waals surface area (Å²) in [5.74, 6) is -1.47. The molecule has 1 unspecified atom stereocenters. The standard InChI is InChI=1S/C13H17NO5/c1-18-8-9-5-3-4-6-10(9)12(15)14-7-11(19-2)13(16)17/h3-6,11H,7-8H2,1-2H3,(H,14,15)(H,16,17). The molecule has 1 amide bonds. The van der Waals surface area contributed by atoms with Crippen molar-refractivity contribution in [2.24, 2.45) is 0 Å². The summed E-state index contributed by atoms with van der Waals surface area (Å²) in [6, 6.07) is 6.98. The van der Waals surface area contributed by atoms with Crippen LogP contribution < -0.4 is 5.32 Å². The monoisotopic (exact) mass is 267 g/mol. The molecule has 6 heteroatoms. The fourth-order valence-electron chi connectivity index (χ4n) is 1.58. The van der Waals surface area contributed by atoms with Crippen molar-refractivity contribution in [1.29, 1.82) is 0 Å². The minimum atomic E-state index is -1.12. The van der Waals surface area contributed by atoms with Crippen LogP contribution in [-0.4, -0.2) is 43.9 Å². The molecule has 1 rings (SSSR count). The summed E-state index contributed by atoms with van der Waals surface area (Å²) in [5.41, 5.74) is 1.20. The van der Waals surface area contributed by atoms with E-state index in [1.165, 1.54) is 7.11 Å². The predicted octanol–water partition coefficient (Wildman–Crippen LogP) is 0.662. The average Bonchev–Trinajstić information content (AvgIpc) is 2.40. The second kappa shape index (κ2) is 7.50. The molecule has 0 spiro atoms. The Balaban J connectivity index is 2.70. The Bertz CT molecular complexity index is 446. The zero-order valence-electron chi connectivity index (χ0n) is 10.9. The molecule has 0 radical (unpaired) electrons. The number of carbonyl (C=O) groups excluding carboxylic acids is 1. The molecular weight excluding hydrogens is 250 g/mol. The molecule has 19 heavy (non-hydrogen) atoms. The van der Waals surface area contributed by atoms with E-state index in [1.54, 1.807) is 31.4 Å². The minimum Gasteiger partial charge on any atom is -0.479 e. The highest BCUT2D eigenvalue weighted by molar-refractivity contribution is 5.95. The highest BCUT2D eigenvalue weighted by Gasteiger charge is 2.18. The number of carboxylic acids is 1. The molecule has 0 bridgehead atoms. The van der Waals surface area contributed by atoms with E-state index in [0.29, 0.717) is 12.2 Å². The lowest BCUT2D eigenvalue weighted by Crippen LogP contribution is -2.38. The maximum Gasteiger partial charge on any atom is 0.334 e. The third kappa shape index (κ3) is 4.35. The summed E-state index contributed by atoms with van der Waals surface area (Å²) in [6.07, 6.45) is -1.06. The van der Waals surface area contributed by atoms with Crippen molar-refractivity contribution in [3.8, 4) is 0 Å². The molecule has 2 N–H and O–H groups in total. The number of aliphatic carboxylic acids is 1. The number of ether oxygens (including phenoxy) is 2. The molecule has 0 saturated carbocycles. The fraction of sp³-hybridized carbons (Fsp3) is 0.385. The van der Waals surface area contributed by atoms with Crippen LogP contribution in [-0.2, 0) is 20.9 Å². The predicted molar refractivity (Wildman–Crippen MR) is 67.9 cm³/mol. The fourth-order valence-corrected chi connectivity index (χ4v) is 1.58. The summed E-state index contributed by atoms with van der Waals surface area (Å²) in [7, 11) is 2.82. The van der Waals surface area contributed by atoms with Crippen LogP contribution >= 0.6 is 0 Å². The van der Waals surface area contributed by atoms with Gasteiger partial charge < -0.3 is 19.9 Å². The van der Waals surface area contributed by atoms with Crippen LogP contribution in [0, 0.1) is 0 Å². The van der Waals surface area contributed by atoms with Crippen molar-refractivity contribution in [1.82, 2.24) is 5.32 Å². The second-order valence-electron chi connectivity index (χ2n) is 3.86. The van der Waals surface area contributed by atoms with Gasteiger partial charge in [0, 0.05) is 19.8 Å². The van der Waals surface area contributed by atoms with Gasteiger partial charge in [0.25, 0.3) is 5.91 Å². The van der Waals surface area contributed by atoms with Gasteiger partial charge in [0.15, 0.2) is 6.10 Å². The number of carbonyl (C=O) groups is 2. The smallest absolute Gasteiger partial charge is 0.334 e. The van der Waals surface area contributed by atoms with E-state index < -0.39 is 12.1 Å². The summed E-state index contributed by atoms with van der Waals surface area (Å²) in [4.78, 5) is 22.7. The minimum absolute atomic E-state index is 0.0913. The van der Waals surface area contributed by atoms with Crippen LogP contribution in [0.4, 0.5) is 0 Å². The lowest BCUT2D eigenvalue weighted by molar-refractivity contribution is -0.148. The van der Waals surface area contributed by atoms with Crippen molar-refractivity contribution in [2.75, 3.05) is 20.8 Å². The van der Waals surface area contributed by atoms with Crippen molar-refractivity contribution in [2.45, 2.75) is 12.7 Å². The highest BCUT2D eigenvalue weighted by atomic mass is 16.5. The van der Waals surface area contributed by atoms with Gasteiger partial charge in [-0.1, -0.05) is 18.2 Å². The van der Waals surface area contributed by atoms with E-state index in [9.17, 15) is 9.59 Å². The Kier molecular flexibility index (Phi) is 5.98. The molecule has 0 heterocycles. The summed E-state index contributed by atoms with van der Waals surface area (Å²) >= 11 is 0. The Hall–Kier alpha value is -1.92. The van der Waals surface area contributed by atoms with Crippen LogP contribution in [0.3, 0.4) is 0 Å². The molecule has 0 aliphatic rings. The van der Waals surface area contributed by atoms with Gasteiger partial charge in [-0.05, 0) is 11.6 Å². The van der Waals surface area contributed by atoms with E-state index >= 15 is 0 Å². The largest absolute Gasteiger partial charge is 0.479 e. The number of nitrogens with one attached hydrogen (secondary N) is 1. The van der Waals surface area contributed by atoms with Crippen molar-refractivity contribution in [3.05, 3.63) is 35.4 Å². The first-order chi connectivity index (χ1) is 9.10. The number of hydrogen-bond donors (Lipinski definition) is 2. The Morgan fingerprint density at radius 1 is 1.32 bits per heavy atom. The van der Waals surface area contributed by atoms with Gasteiger partial charge in [-0.2, -0.15) is 0 Å². The van der Waals surface area contributed by atoms with Crippen LogP contribution in [0.1, 0.15) is 15.9 Å². The van der Waals surface area contributed by atoms with Gasteiger partial charge in [0.05, 0.1) is 13.2 Å². The SMILES string of the molecule is COCc1ccccc1C(=O)NCC(OC)C(=O)O. The van der Waals surface area contributed by atoms with E-state index in [0.717, 1.165) is 5.56 Å². The zero-order chi connectivity index (χ0) is 14.3. The molecule has 1 aromatic rings. The number of methoxy groups -OCH3 is 2. The lowest BCUT2D eigenvalue weighted by Gasteiger charge is -2.13. The van der Waals surface area contributed by atoms with E-state index in [1.807, 2.05) is 0 Å². The van der Waals surface area contributed by atoms with Gasteiger partial charge in [-0.25, -0.2) is 4.79 Å². The van der Waals surface area contributed by atoms with Crippen molar-refractivity contribution >= 4 is 11.9 Å². The number of rotatable bonds is 7. The molecule has 0 fully saturated rings. The van der Waals surface area contributed by atoms with E-state index in [-0.39, 0.29) is 12.5 Å². The molecule has 6 nitrogen and oxygen atoms in total. The third-order valence-corrected chi connectivity index (χ3v) is 2.57. The number of amides is 1. The lowest BCUT2D eigenvalue weighted by atomic mass is 10.1. The molecule has 104 valence electrons. The van der Waals surface area contributed by atoms with Gasteiger partial charge in [0.1, 0.15) is 0 Å². The topological polar surface area (TPSA) is 84.9 Å². The first kappa shape index (κ1) is 15.1. The van der Waals surface area contributed by atoms with Crippen LogP contribution in [0.15, 0.2) is 24.3 Å². The molecule has 0 aliphatic carbocycles. The maximum atomic E-state index is 12.0. The molecule has 1 aromatic carbocycles. The third-order valence-electron chi connectivity index (χ3n) is 2.57. The van der Waals surface area contributed by atoms with Crippen LogP contribution in [0.5, 0.6) is 0 Å². The van der Waals surface area contributed by atoms with Crippen molar-refractivity contribution < 1.29 is 24.2 Å². The first-order valence-corrected chi connectivity index (χ1v) is 5.70. The quantitative estimate of drug-likeness (QED) is 0.758. The van der Waals surface area contributed by atoms with Crippen LogP contribution in [0.25, 0.3) is 0 Å². The highest BCUT2D eigenvalue weighted by Crippen LogP contribution is 2.09. The number of hydrogen-bond acceptors (Lipinski definition) is 4. The summed E-state index contributed by atoms with van der Waals surface area (Å²) in [5, 5.41) is 11.3. The molecule has 0 saturated heterocycles. The normalized spacial score (nSPS) is 11.9. The summed E-state index contributed by atoms with van der Waals surface area (Å²) in [6.45, 7) is 0.224. The molecular formula is C13H17NO5. The number of carboxylic acid groups (broad SMARTS) is 1. The number of benzene rings is 1. The van der Waals surface area contributed by atoms with E-state index in [4.69, 9.17) is 14.6 Å². The van der Waals surface area contributed by atoms with Gasteiger partial charge >= 0.3 is 5.97 Å². The maximum absolute atomic E-state index is 12.0. The zero-order valence-corrected chi connectivity index (χ0v) is 10.9. The van der Waals surface area contributed by atoms with Crippen molar-refractivity contribution in [3.63, 3.8) is 0 Å². The van der Waals surface area contributed by atoms with Crippen LogP contribution in [0.2, 0.25) is 0 Å². The molecule has 0 aromatic heterocycles. The average molecular weight is 267 g/mol. The molecule has 1 atom stereocenters. The van der Waals surface area contributed by atoms with Gasteiger partial charge in [-0.15, -0.1) is 0 Å². The van der Waals surface area contributed by atoms with Gasteiger partial charge in [0.2, 0.25) is 0 Å². The molecule has 0 aliphatic heterocycles. The summed E-state index contributed by atoms with van der Waals surface area (Å²) < 4.78 is 9.74. The van der Waals surface area contributed by atoms with Gasteiger partial charge in [-0.3, -0.25) is 4.79 Å². The van der Waals surface area contributed by atoms with E-state index in [2.05, 4.69) is 5.32 Å². The Morgan fingerprint density at radius 3 is 2.58 bits per heavy atom.